The molecule has 0 saturated heterocycles. The molecule has 5 nitrogen and oxygen atoms in total. The van der Waals surface area contributed by atoms with Crippen molar-refractivity contribution in [2.75, 3.05) is 7.11 Å². The lowest BCUT2D eigenvalue weighted by Crippen LogP contribution is -2.04. The highest BCUT2D eigenvalue weighted by molar-refractivity contribution is 6.08. The number of phenols is 2. The number of allylic oxidation sites excluding steroid dienone is 4. The number of fused-ring (bicyclic) bond motifs is 2. The lowest BCUT2D eigenvalue weighted by molar-refractivity contribution is 0.399. The number of hydrogen-bond acceptors (Lipinski definition) is 5. The van der Waals surface area contributed by atoms with E-state index in [0.717, 1.165) is 16.7 Å². The predicted molar refractivity (Wildman–Crippen MR) is 121 cm³/mol. The molecule has 0 amide bonds. The Bertz CT molecular complexity index is 1250. The molecule has 0 radical (unpaired) electrons. The van der Waals surface area contributed by atoms with Gasteiger partial charge in [-0.1, -0.05) is 23.3 Å². The Morgan fingerprint density at radius 3 is 2.13 bits per heavy atom. The maximum Gasteiger partial charge on any atom is 0.196 e. The minimum absolute atomic E-state index is 0.0647. The molecule has 0 spiro atoms. The first-order valence-corrected chi connectivity index (χ1v) is 9.93. The maximum absolute atomic E-state index is 12.6. The van der Waals surface area contributed by atoms with Gasteiger partial charge in [-0.15, -0.1) is 0 Å². The van der Waals surface area contributed by atoms with Crippen LogP contribution in [0.15, 0.2) is 44.6 Å². The largest absolute Gasteiger partial charge is 0.507 e. The van der Waals surface area contributed by atoms with E-state index in [1.54, 1.807) is 20.1 Å². The summed E-state index contributed by atoms with van der Waals surface area (Å²) in [5.41, 5.74) is 3.57. The van der Waals surface area contributed by atoms with Gasteiger partial charge in [-0.3, -0.25) is 4.79 Å². The van der Waals surface area contributed by atoms with Crippen molar-refractivity contribution < 1.29 is 19.4 Å². The second-order valence-electron chi connectivity index (χ2n) is 8.05. The summed E-state index contributed by atoms with van der Waals surface area (Å²) in [5, 5.41) is 23.1. The Hall–Kier alpha value is -3.21. The van der Waals surface area contributed by atoms with Gasteiger partial charge in [0.1, 0.15) is 34.0 Å². The minimum atomic E-state index is -0.347. The summed E-state index contributed by atoms with van der Waals surface area (Å²) >= 11 is 0. The smallest absolute Gasteiger partial charge is 0.196 e. The first-order valence-electron chi connectivity index (χ1n) is 9.93. The first-order chi connectivity index (χ1) is 14.1. The van der Waals surface area contributed by atoms with E-state index in [2.05, 4.69) is 6.08 Å². The Kier molecular flexibility index (Phi) is 5.92. The second-order valence-corrected chi connectivity index (χ2v) is 8.05. The molecule has 3 rings (SSSR count). The summed E-state index contributed by atoms with van der Waals surface area (Å²) in [4.78, 5) is 12.6. The zero-order valence-electron chi connectivity index (χ0n) is 18.3. The van der Waals surface area contributed by atoms with Crippen LogP contribution in [0, 0.1) is 6.92 Å². The maximum atomic E-state index is 12.6. The monoisotopic (exact) mass is 408 g/mol. The predicted octanol–water partition coefficient (Wildman–Crippen LogP) is 5.69. The third-order valence-corrected chi connectivity index (χ3v) is 5.15. The van der Waals surface area contributed by atoms with Gasteiger partial charge in [0.25, 0.3) is 0 Å². The van der Waals surface area contributed by atoms with E-state index in [0.29, 0.717) is 35.3 Å². The van der Waals surface area contributed by atoms with Crippen LogP contribution < -0.4 is 10.2 Å². The summed E-state index contributed by atoms with van der Waals surface area (Å²) < 4.78 is 11.5. The average Bonchev–Trinajstić information content (AvgIpc) is 2.64. The van der Waals surface area contributed by atoms with Crippen LogP contribution >= 0.6 is 0 Å². The van der Waals surface area contributed by atoms with Crippen LogP contribution in [0.2, 0.25) is 0 Å². The van der Waals surface area contributed by atoms with E-state index in [9.17, 15) is 15.0 Å². The minimum Gasteiger partial charge on any atom is -0.507 e. The van der Waals surface area contributed by atoms with E-state index in [-0.39, 0.29) is 33.3 Å². The summed E-state index contributed by atoms with van der Waals surface area (Å²) in [5.74, 6) is 0.671. The van der Waals surface area contributed by atoms with Crippen molar-refractivity contribution in [3.05, 3.63) is 62.5 Å². The molecule has 0 fully saturated rings. The van der Waals surface area contributed by atoms with Gasteiger partial charge < -0.3 is 19.4 Å². The van der Waals surface area contributed by atoms with Crippen molar-refractivity contribution in [3.8, 4) is 17.2 Å². The van der Waals surface area contributed by atoms with Crippen LogP contribution in [0.3, 0.4) is 0 Å². The number of methoxy groups -OCH3 is 1. The van der Waals surface area contributed by atoms with Gasteiger partial charge in [0.2, 0.25) is 0 Å². The Morgan fingerprint density at radius 2 is 1.57 bits per heavy atom. The number of aryl methyl sites for hydroxylation is 1. The summed E-state index contributed by atoms with van der Waals surface area (Å²) in [6, 6.07) is 3.04. The summed E-state index contributed by atoms with van der Waals surface area (Å²) in [6.07, 6.45) is 5.04. The standard InChI is InChI=1S/C25H28O5/c1-13(2)7-9-16-18-12-20-22(19(26)11-15(5)30-20)24(28)21(18)23(27)17(25(16)29-6)10-8-14(3)4/h7-8,11-12,27-28H,9-10H2,1-6H3. The van der Waals surface area contributed by atoms with Crippen LogP contribution in [0.4, 0.5) is 0 Å². The average molecular weight is 408 g/mol. The number of hydrogen-bond donors (Lipinski definition) is 2. The van der Waals surface area contributed by atoms with Crippen LogP contribution in [-0.4, -0.2) is 17.3 Å². The van der Waals surface area contributed by atoms with E-state index >= 15 is 0 Å². The number of phenolic OH excluding ortho intramolecular Hbond substituents is 2. The number of benzene rings is 2. The zero-order valence-corrected chi connectivity index (χ0v) is 18.3. The topological polar surface area (TPSA) is 79.9 Å². The molecule has 0 saturated carbocycles. The lowest BCUT2D eigenvalue weighted by Gasteiger charge is -2.19. The number of aromatic hydroxyl groups is 2. The van der Waals surface area contributed by atoms with Crippen LogP contribution in [-0.2, 0) is 12.8 Å². The van der Waals surface area contributed by atoms with Gasteiger partial charge in [-0.05, 0) is 53.5 Å². The van der Waals surface area contributed by atoms with Crippen molar-refractivity contribution >= 4 is 21.7 Å². The van der Waals surface area contributed by atoms with Crippen LogP contribution in [0.1, 0.15) is 44.6 Å². The SMILES string of the molecule is COc1c(CC=C(C)C)c(O)c2c(O)c3c(=O)cc(C)oc3cc2c1CC=C(C)C. The van der Waals surface area contributed by atoms with E-state index in [4.69, 9.17) is 9.15 Å². The number of rotatable bonds is 5. The van der Waals surface area contributed by atoms with Crippen molar-refractivity contribution in [1.82, 2.24) is 0 Å². The molecule has 30 heavy (non-hydrogen) atoms. The lowest BCUT2D eigenvalue weighted by atomic mass is 9.92. The molecule has 0 atom stereocenters. The van der Waals surface area contributed by atoms with Crippen LogP contribution in [0.25, 0.3) is 21.7 Å². The molecule has 0 aliphatic rings. The zero-order chi connectivity index (χ0) is 22.2. The van der Waals surface area contributed by atoms with Crippen LogP contribution in [0.5, 0.6) is 17.2 Å². The molecule has 0 aliphatic carbocycles. The van der Waals surface area contributed by atoms with Gasteiger partial charge in [-0.25, -0.2) is 0 Å². The second kappa shape index (κ2) is 8.27. The van der Waals surface area contributed by atoms with E-state index < -0.39 is 0 Å². The highest BCUT2D eigenvalue weighted by atomic mass is 16.5. The van der Waals surface area contributed by atoms with Gasteiger partial charge in [-0.2, -0.15) is 0 Å². The molecule has 158 valence electrons. The molecule has 1 heterocycles. The normalized spacial score (nSPS) is 11.0. The van der Waals surface area contributed by atoms with Crippen molar-refractivity contribution in [3.63, 3.8) is 0 Å². The molecule has 2 aromatic carbocycles. The summed E-state index contributed by atoms with van der Waals surface area (Å²) in [7, 11) is 1.57. The van der Waals surface area contributed by atoms with Crippen molar-refractivity contribution in [2.24, 2.45) is 0 Å². The molecular weight excluding hydrogens is 380 g/mol. The van der Waals surface area contributed by atoms with Gasteiger partial charge in [0.05, 0.1) is 12.5 Å². The fourth-order valence-electron chi connectivity index (χ4n) is 3.71. The van der Waals surface area contributed by atoms with E-state index in [1.807, 2.05) is 33.8 Å². The Labute approximate surface area is 175 Å². The summed E-state index contributed by atoms with van der Waals surface area (Å²) in [6.45, 7) is 9.66. The van der Waals surface area contributed by atoms with Crippen molar-refractivity contribution in [2.45, 2.75) is 47.5 Å². The Balaban J connectivity index is 2.55. The van der Waals surface area contributed by atoms with E-state index in [1.165, 1.54) is 6.07 Å². The number of ether oxygens (including phenoxy) is 1. The van der Waals surface area contributed by atoms with Gasteiger partial charge in [0.15, 0.2) is 5.43 Å². The van der Waals surface area contributed by atoms with Crippen molar-refractivity contribution in [1.29, 1.82) is 0 Å². The fourth-order valence-corrected chi connectivity index (χ4v) is 3.71. The third-order valence-electron chi connectivity index (χ3n) is 5.15. The first kappa shape index (κ1) is 21.5. The fraction of sp³-hybridized carbons (Fsp3) is 0.320. The molecule has 3 aromatic rings. The highest BCUT2D eigenvalue weighted by Gasteiger charge is 2.24. The molecule has 5 heteroatoms. The molecule has 2 N–H and O–H groups in total. The quantitative estimate of drug-likeness (QED) is 0.419. The molecular formula is C25H28O5. The van der Waals surface area contributed by atoms with Gasteiger partial charge in [0, 0.05) is 22.6 Å². The molecule has 0 bridgehead atoms. The Morgan fingerprint density at radius 1 is 0.967 bits per heavy atom. The molecule has 0 aliphatic heterocycles. The molecule has 0 unspecified atom stereocenters. The molecule has 1 aromatic heterocycles. The van der Waals surface area contributed by atoms with Gasteiger partial charge >= 0.3 is 0 Å². The third kappa shape index (κ3) is 3.80. The highest BCUT2D eigenvalue weighted by Crippen LogP contribution is 2.47.